The highest BCUT2D eigenvalue weighted by molar-refractivity contribution is 5.71. The average molecular weight is 919 g/mol. The van der Waals surface area contributed by atoms with Crippen LogP contribution in [-0.4, -0.2) is 37.2 Å². The monoisotopic (exact) mass is 919 g/mol. The standard InChI is InChI=1S/C60H102O6/c1-4-7-10-13-16-19-22-25-28-30-33-35-38-41-44-47-50-53-59(62)65-56-57(55-64-58(61)52-49-46-43-40-37-34-31-27-24-21-18-15-12-9-6-3)66-60(63)54-51-48-45-42-39-36-32-29-26-23-20-17-14-11-8-5-2/h18,21,24-25,27-29,32-33,35-36,39,41,44,57H,4-17,19-20,22-23,26,30-31,34,37-38,40,42-43,45-56H2,1-3H3/b21-18-,27-24-,28-25-,32-29-,35-33-,39-36-,44-41-. The molecule has 0 spiro atoms. The first-order valence-electron chi connectivity index (χ1n) is 27.6. The van der Waals surface area contributed by atoms with Gasteiger partial charge in [0.2, 0.25) is 0 Å². The smallest absolute Gasteiger partial charge is 0.306 e. The average Bonchev–Trinajstić information content (AvgIpc) is 3.31. The second-order valence-corrected chi connectivity index (χ2v) is 18.2. The molecule has 0 bridgehead atoms. The summed E-state index contributed by atoms with van der Waals surface area (Å²) in [5.74, 6) is -0.999. The van der Waals surface area contributed by atoms with Gasteiger partial charge in [-0.3, -0.25) is 14.4 Å². The molecule has 0 aliphatic carbocycles. The fourth-order valence-corrected chi connectivity index (χ4v) is 7.44. The quantitative estimate of drug-likeness (QED) is 0.0199. The van der Waals surface area contributed by atoms with Gasteiger partial charge in [-0.2, -0.15) is 0 Å². The van der Waals surface area contributed by atoms with Crippen LogP contribution in [0.4, 0.5) is 0 Å². The number of rotatable bonds is 49. The van der Waals surface area contributed by atoms with Gasteiger partial charge in [0.15, 0.2) is 6.10 Å². The molecule has 1 unspecified atom stereocenters. The minimum absolute atomic E-state index is 0.109. The van der Waals surface area contributed by atoms with Gasteiger partial charge in [-0.25, -0.2) is 0 Å². The van der Waals surface area contributed by atoms with Crippen molar-refractivity contribution < 1.29 is 28.6 Å². The lowest BCUT2D eigenvalue weighted by atomic mass is 10.1. The van der Waals surface area contributed by atoms with Crippen LogP contribution >= 0.6 is 0 Å². The molecule has 6 nitrogen and oxygen atoms in total. The summed E-state index contributed by atoms with van der Waals surface area (Å²) in [7, 11) is 0. The molecule has 0 aliphatic rings. The molecule has 0 amide bonds. The Kier molecular flexibility index (Phi) is 51.4. The Morgan fingerprint density at radius 2 is 0.606 bits per heavy atom. The first-order chi connectivity index (χ1) is 32.5. The zero-order valence-corrected chi connectivity index (χ0v) is 43.2. The Morgan fingerprint density at radius 3 is 1.05 bits per heavy atom. The summed E-state index contributed by atoms with van der Waals surface area (Å²) >= 11 is 0. The van der Waals surface area contributed by atoms with Gasteiger partial charge in [0.25, 0.3) is 0 Å². The highest BCUT2D eigenvalue weighted by Crippen LogP contribution is 2.13. The molecule has 0 fully saturated rings. The second kappa shape index (κ2) is 54.2. The summed E-state index contributed by atoms with van der Waals surface area (Å²) in [6.07, 6.45) is 70.0. The largest absolute Gasteiger partial charge is 0.462 e. The molecule has 0 aromatic carbocycles. The summed E-state index contributed by atoms with van der Waals surface area (Å²) in [4.78, 5) is 38.0. The molecule has 0 rings (SSSR count). The van der Waals surface area contributed by atoms with Gasteiger partial charge >= 0.3 is 17.9 Å². The number of ether oxygens (including phenoxy) is 3. The van der Waals surface area contributed by atoms with Crippen molar-refractivity contribution in [3.63, 3.8) is 0 Å². The Bertz CT molecular complexity index is 1290. The van der Waals surface area contributed by atoms with E-state index < -0.39 is 6.10 Å². The number of carbonyl (C=O) groups is 3. The predicted octanol–water partition coefficient (Wildman–Crippen LogP) is 18.4. The van der Waals surface area contributed by atoms with Gasteiger partial charge in [0, 0.05) is 19.3 Å². The van der Waals surface area contributed by atoms with E-state index in [2.05, 4.69) is 106 Å². The maximum atomic E-state index is 12.8. The summed E-state index contributed by atoms with van der Waals surface area (Å²) in [5.41, 5.74) is 0. The van der Waals surface area contributed by atoms with Crippen molar-refractivity contribution in [1.82, 2.24) is 0 Å². The number of hydrogen-bond donors (Lipinski definition) is 0. The Balaban J connectivity index is 4.53. The molecule has 378 valence electrons. The molecule has 0 aliphatic heterocycles. The number of allylic oxidation sites excluding steroid dienone is 14. The Labute approximate surface area is 407 Å². The van der Waals surface area contributed by atoms with Crippen molar-refractivity contribution in [2.45, 2.75) is 264 Å². The van der Waals surface area contributed by atoms with Crippen molar-refractivity contribution >= 4 is 17.9 Å². The molecule has 66 heavy (non-hydrogen) atoms. The van der Waals surface area contributed by atoms with Crippen LogP contribution in [0.15, 0.2) is 85.1 Å². The number of esters is 3. The number of carbonyl (C=O) groups excluding carboxylic acids is 3. The van der Waals surface area contributed by atoms with E-state index >= 15 is 0 Å². The topological polar surface area (TPSA) is 78.9 Å². The van der Waals surface area contributed by atoms with E-state index in [1.807, 2.05) is 0 Å². The Hall–Kier alpha value is -3.41. The van der Waals surface area contributed by atoms with Crippen molar-refractivity contribution in [1.29, 1.82) is 0 Å². The minimum atomic E-state index is -0.816. The van der Waals surface area contributed by atoms with Gasteiger partial charge in [-0.05, 0) is 103 Å². The molecule has 0 saturated carbocycles. The molecular weight excluding hydrogens is 817 g/mol. The molecule has 0 aromatic heterocycles. The zero-order chi connectivity index (χ0) is 47.9. The lowest BCUT2D eigenvalue weighted by Crippen LogP contribution is -2.30. The molecule has 0 aromatic rings. The molecule has 0 heterocycles. The predicted molar refractivity (Wildman–Crippen MR) is 284 cm³/mol. The van der Waals surface area contributed by atoms with Crippen molar-refractivity contribution in [3.05, 3.63) is 85.1 Å². The fourth-order valence-electron chi connectivity index (χ4n) is 7.44. The van der Waals surface area contributed by atoms with Gasteiger partial charge in [-0.15, -0.1) is 0 Å². The van der Waals surface area contributed by atoms with E-state index in [0.29, 0.717) is 12.8 Å². The van der Waals surface area contributed by atoms with Crippen LogP contribution in [0.25, 0.3) is 0 Å². The third-order valence-corrected chi connectivity index (χ3v) is 11.6. The lowest BCUT2D eigenvalue weighted by molar-refractivity contribution is -0.167. The van der Waals surface area contributed by atoms with Crippen LogP contribution in [0.3, 0.4) is 0 Å². The van der Waals surface area contributed by atoms with Gasteiger partial charge in [-0.1, -0.05) is 221 Å². The van der Waals surface area contributed by atoms with E-state index in [1.165, 1.54) is 128 Å². The van der Waals surface area contributed by atoms with Crippen LogP contribution in [0.1, 0.15) is 258 Å². The maximum Gasteiger partial charge on any atom is 0.306 e. The zero-order valence-electron chi connectivity index (χ0n) is 43.2. The van der Waals surface area contributed by atoms with Crippen molar-refractivity contribution in [2.75, 3.05) is 13.2 Å². The van der Waals surface area contributed by atoms with Crippen LogP contribution in [-0.2, 0) is 28.6 Å². The first kappa shape index (κ1) is 62.6. The van der Waals surface area contributed by atoms with E-state index in [9.17, 15) is 14.4 Å². The van der Waals surface area contributed by atoms with Crippen LogP contribution in [0, 0.1) is 0 Å². The third-order valence-electron chi connectivity index (χ3n) is 11.6. The molecule has 0 N–H and O–H groups in total. The molecule has 1 atom stereocenters. The van der Waals surface area contributed by atoms with Gasteiger partial charge < -0.3 is 14.2 Å². The maximum absolute atomic E-state index is 12.8. The van der Waals surface area contributed by atoms with Crippen LogP contribution in [0.5, 0.6) is 0 Å². The fraction of sp³-hybridized carbons (Fsp3) is 0.717. The normalized spacial score (nSPS) is 12.7. The number of hydrogen-bond acceptors (Lipinski definition) is 6. The van der Waals surface area contributed by atoms with E-state index in [4.69, 9.17) is 14.2 Å². The summed E-state index contributed by atoms with van der Waals surface area (Å²) in [6.45, 7) is 6.52. The number of unbranched alkanes of at least 4 members (excludes halogenated alkanes) is 26. The third kappa shape index (κ3) is 51.6. The van der Waals surface area contributed by atoms with Crippen LogP contribution < -0.4 is 0 Å². The molecular formula is C60H102O6. The Morgan fingerprint density at radius 1 is 0.318 bits per heavy atom. The lowest BCUT2D eigenvalue weighted by Gasteiger charge is -2.18. The summed E-state index contributed by atoms with van der Waals surface area (Å²) < 4.78 is 16.8. The van der Waals surface area contributed by atoms with Crippen LogP contribution in [0.2, 0.25) is 0 Å². The van der Waals surface area contributed by atoms with Crippen molar-refractivity contribution in [2.24, 2.45) is 0 Å². The van der Waals surface area contributed by atoms with Gasteiger partial charge in [0.1, 0.15) is 13.2 Å². The van der Waals surface area contributed by atoms with E-state index in [0.717, 1.165) is 83.5 Å². The van der Waals surface area contributed by atoms with Gasteiger partial charge in [0.05, 0.1) is 0 Å². The second-order valence-electron chi connectivity index (χ2n) is 18.2. The van der Waals surface area contributed by atoms with E-state index in [-0.39, 0.29) is 44.0 Å². The summed E-state index contributed by atoms with van der Waals surface area (Å²) in [5, 5.41) is 0. The molecule has 0 radical (unpaired) electrons. The molecule has 6 heteroatoms. The first-order valence-corrected chi connectivity index (χ1v) is 27.6. The highest BCUT2D eigenvalue weighted by Gasteiger charge is 2.19. The highest BCUT2D eigenvalue weighted by atomic mass is 16.6. The SMILES string of the molecule is CCCCC/C=C\C=C/CCCCCCCCC(=O)OCC(COC(=O)CCC/C=C\C/C=C\C/C=C\CCCCCCCC)OC(=O)CCCCC/C=C\C=C/CCCCCCCCC. The summed E-state index contributed by atoms with van der Waals surface area (Å²) in [6, 6.07) is 0. The molecule has 0 saturated heterocycles. The van der Waals surface area contributed by atoms with E-state index in [1.54, 1.807) is 0 Å². The van der Waals surface area contributed by atoms with Crippen molar-refractivity contribution in [3.8, 4) is 0 Å². The minimum Gasteiger partial charge on any atom is -0.462 e.